The van der Waals surface area contributed by atoms with Crippen molar-refractivity contribution >= 4 is 23.8 Å². The van der Waals surface area contributed by atoms with E-state index in [0.717, 1.165) is 25.7 Å². The summed E-state index contributed by atoms with van der Waals surface area (Å²) in [6.07, 6.45) is 2.44. The van der Waals surface area contributed by atoms with E-state index in [9.17, 15) is 24.3 Å². The Hall–Kier alpha value is -2.36. The van der Waals surface area contributed by atoms with Crippen LogP contribution in [0, 0.1) is 5.92 Å². The lowest BCUT2D eigenvalue weighted by atomic mass is 9.97. The van der Waals surface area contributed by atoms with Gasteiger partial charge in [-0.15, -0.1) is 0 Å². The number of ether oxygens (including phenoxy) is 1. The van der Waals surface area contributed by atoms with E-state index in [0.29, 0.717) is 12.8 Å². The Morgan fingerprint density at radius 1 is 1.09 bits per heavy atom. The van der Waals surface area contributed by atoms with Crippen LogP contribution in [0.4, 0.5) is 4.79 Å². The Morgan fingerprint density at radius 2 is 1.69 bits per heavy atom. The number of carbonyl (C=O) groups excluding carboxylic acids is 4. The normalized spacial score (nSPS) is 17.1. The number of rotatable bonds is 10. The number of hydrogen-bond acceptors (Lipinski definition) is 6. The zero-order valence-corrected chi connectivity index (χ0v) is 20.2. The molecule has 1 saturated carbocycles. The lowest BCUT2D eigenvalue weighted by molar-refractivity contribution is -0.136. The highest BCUT2D eigenvalue weighted by Gasteiger charge is 2.33. The van der Waals surface area contributed by atoms with Crippen molar-refractivity contribution in [3.8, 4) is 0 Å². The number of aliphatic hydroxyl groups is 1. The van der Waals surface area contributed by atoms with Crippen LogP contribution in [0.5, 0.6) is 0 Å². The molecule has 1 unspecified atom stereocenters. The second-order valence-electron chi connectivity index (χ2n) is 9.53. The molecule has 3 atom stereocenters. The Kier molecular flexibility index (Phi) is 10.9. The number of aliphatic hydroxyl groups excluding tert-OH is 1. The number of carbonyl (C=O) groups is 4. The smallest absolute Gasteiger partial charge is 0.407 e. The monoisotopic (exact) mass is 456 g/mol. The van der Waals surface area contributed by atoms with Gasteiger partial charge < -0.3 is 30.7 Å². The molecule has 184 valence electrons. The lowest BCUT2D eigenvalue weighted by Gasteiger charge is -2.27. The van der Waals surface area contributed by atoms with Crippen molar-refractivity contribution in [2.24, 2.45) is 5.92 Å². The Labute approximate surface area is 190 Å². The summed E-state index contributed by atoms with van der Waals surface area (Å²) >= 11 is 0. The molecule has 0 aromatic heterocycles. The molecule has 0 heterocycles. The van der Waals surface area contributed by atoms with Crippen molar-refractivity contribution in [2.45, 2.75) is 90.0 Å². The molecule has 1 fully saturated rings. The number of hydrogen-bond donors (Lipinski definition) is 4. The average Bonchev–Trinajstić information content (AvgIpc) is 3.21. The first kappa shape index (κ1) is 27.7. The van der Waals surface area contributed by atoms with Gasteiger partial charge in [0.15, 0.2) is 6.10 Å². The van der Waals surface area contributed by atoms with E-state index in [2.05, 4.69) is 16.0 Å². The number of amides is 4. The molecule has 0 radical (unpaired) electrons. The molecule has 0 aromatic rings. The Balaban J connectivity index is 2.65. The van der Waals surface area contributed by atoms with Gasteiger partial charge in [0, 0.05) is 14.1 Å². The van der Waals surface area contributed by atoms with Gasteiger partial charge in [-0.2, -0.15) is 0 Å². The second-order valence-corrected chi connectivity index (χ2v) is 9.53. The maximum absolute atomic E-state index is 12.5. The van der Waals surface area contributed by atoms with Crippen LogP contribution < -0.4 is 16.0 Å². The van der Waals surface area contributed by atoms with Crippen molar-refractivity contribution in [1.82, 2.24) is 20.9 Å². The molecule has 10 heteroatoms. The number of nitrogens with zero attached hydrogens (tertiary/aromatic N) is 1. The molecule has 10 nitrogen and oxygen atoms in total. The molecule has 0 aliphatic heterocycles. The molecular formula is C22H40N4O6. The number of likely N-dealkylation sites (N-methyl/N-ethyl adjacent to an activating group) is 1. The molecule has 4 amide bonds. The molecule has 4 N–H and O–H groups in total. The predicted molar refractivity (Wildman–Crippen MR) is 120 cm³/mol. The fourth-order valence-corrected chi connectivity index (χ4v) is 3.71. The third-order valence-corrected chi connectivity index (χ3v) is 5.27. The van der Waals surface area contributed by atoms with Crippen LogP contribution in [-0.4, -0.2) is 78.3 Å². The summed E-state index contributed by atoms with van der Waals surface area (Å²) in [5.41, 5.74) is -0.716. The van der Waals surface area contributed by atoms with E-state index in [1.54, 1.807) is 34.9 Å². The maximum Gasteiger partial charge on any atom is 0.407 e. The van der Waals surface area contributed by atoms with Gasteiger partial charge in [-0.05, 0) is 46.0 Å². The minimum Gasteiger partial charge on any atom is -0.444 e. The summed E-state index contributed by atoms with van der Waals surface area (Å²) in [5, 5.41) is 18.0. The van der Waals surface area contributed by atoms with E-state index in [1.807, 2.05) is 6.92 Å². The molecule has 0 bridgehead atoms. The van der Waals surface area contributed by atoms with Crippen LogP contribution in [0.15, 0.2) is 0 Å². The van der Waals surface area contributed by atoms with E-state index in [-0.39, 0.29) is 18.4 Å². The summed E-state index contributed by atoms with van der Waals surface area (Å²) in [4.78, 5) is 50.8. The highest BCUT2D eigenvalue weighted by molar-refractivity contribution is 5.91. The predicted octanol–water partition coefficient (Wildman–Crippen LogP) is 0.920. The van der Waals surface area contributed by atoms with Gasteiger partial charge in [0.1, 0.15) is 11.6 Å². The minimum absolute atomic E-state index is 0.0714. The maximum atomic E-state index is 12.5. The van der Waals surface area contributed by atoms with Gasteiger partial charge in [0.2, 0.25) is 11.8 Å². The van der Waals surface area contributed by atoms with Gasteiger partial charge in [-0.3, -0.25) is 14.4 Å². The van der Waals surface area contributed by atoms with E-state index < -0.39 is 41.7 Å². The first-order chi connectivity index (χ1) is 14.9. The lowest BCUT2D eigenvalue weighted by Crippen LogP contribution is -2.55. The first-order valence-electron chi connectivity index (χ1n) is 11.3. The van der Waals surface area contributed by atoms with Crippen molar-refractivity contribution in [2.75, 3.05) is 20.6 Å². The third-order valence-electron chi connectivity index (χ3n) is 5.27. The zero-order chi connectivity index (χ0) is 24.5. The molecule has 1 aliphatic carbocycles. The Morgan fingerprint density at radius 3 is 2.19 bits per heavy atom. The third kappa shape index (κ3) is 9.42. The van der Waals surface area contributed by atoms with Crippen LogP contribution in [-0.2, 0) is 19.1 Å². The number of alkyl carbamates (subject to hydrolysis) is 1. The minimum atomic E-state index is -1.55. The van der Waals surface area contributed by atoms with Crippen molar-refractivity contribution in [3.05, 3.63) is 0 Å². The van der Waals surface area contributed by atoms with Crippen molar-refractivity contribution in [3.63, 3.8) is 0 Å². The molecule has 32 heavy (non-hydrogen) atoms. The van der Waals surface area contributed by atoms with Crippen LogP contribution in [0.1, 0.15) is 66.2 Å². The van der Waals surface area contributed by atoms with Crippen LogP contribution in [0.2, 0.25) is 0 Å². The van der Waals surface area contributed by atoms with Gasteiger partial charge in [-0.1, -0.05) is 26.2 Å². The first-order valence-corrected chi connectivity index (χ1v) is 11.3. The zero-order valence-electron chi connectivity index (χ0n) is 20.2. The highest BCUT2D eigenvalue weighted by Crippen LogP contribution is 2.28. The number of nitrogens with one attached hydrogen (secondary N) is 3. The molecule has 1 rings (SSSR count). The molecule has 0 aromatic carbocycles. The largest absolute Gasteiger partial charge is 0.444 e. The van der Waals surface area contributed by atoms with Gasteiger partial charge in [-0.25, -0.2) is 4.79 Å². The fourth-order valence-electron chi connectivity index (χ4n) is 3.71. The van der Waals surface area contributed by atoms with Crippen LogP contribution in [0.3, 0.4) is 0 Å². The Bertz CT molecular complexity index is 655. The summed E-state index contributed by atoms with van der Waals surface area (Å²) in [5.74, 6) is -1.40. The summed E-state index contributed by atoms with van der Waals surface area (Å²) < 4.78 is 5.18. The molecule has 0 spiro atoms. The SMILES string of the molecule is CCC[C@H](NC(=O)OC(C)(C)C)C(O)C(=O)NCC(=O)N[C@H](C(=O)N(C)C)C1CCCC1. The van der Waals surface area contributed by atoms with Crippen LogP contribution in [0.25, 0.3) is 0 Å². The van der Waals surface area contributed by atoms with Gasteiger partial charge in [0.25, 0.3) is 5.91 Å². The average molecular weight is 457 g/mol. The van der Waals surface area contributed by atoms with Crippen molar-refractivity contribution in [1.29, 1.82) is 0 Å². The molecule has 1 aliphatic rings. The van der Waals surface area contributed by atoms with E-state index in [1.165, 1.54) is 4.90 Å². The summed E-state index contributed by atoms with van der Waals surface area (Å²) in [6.45, 7) is 6.60. The summed E-state index contributed by atoms with van der Waals surface area (Å²) in [6, 6.07) is -1.50. The molecular weight excluding hydrogens is 416 g/mol. The quantitative estimate of drug-likeness (QED) is 0.386. The summed E-state index contributed by atoms with van der Waals surface area (Å²) in [7, 11) is 3.28. The van der Waals surface area contributed by atoms with Gasteiger partial charge >= 0.3 is 6.09 Å². The van der Waals surface area contributed by atoms with Crippen LogP contribution >= 0.6 is 0 Å². The second kappa shape index (κ2) is 12.6. The fraction of sp³-hybridized carbons (Fsp3) is 0.818. The van der Waals surface area contributed by atoms with E-state index >= 15 is 0 Å². The highest BCUT2D eigenvalue weighted by atomic mass is 16.6. The van der Waals surface area contributed by atoms with Crippen molar-refractivity contribution < 1.29 is 29.0 Å². The van der Waals surface area contributed by atoms with Gasteiger partial charge in [0.05, 0.1) is 12.6 Å². The topological polar surface area (TPSA) is 137 Å². The van der Waals surface area contributed by atoms with E-state index in [4.69, 9.17) is 4.74 Å². The standard InChI is InChI=1S/C22H40N4O6/c1-7-10-15(24-21(31)32-22(2,3)4)18(28)19(29)23-13-16(27)25-17(20(30)26(5)6)14-11-8-9-12-14/h14-15,17-18,28H,7-13H2,1-6H3,(H,23,29)(H,24,31)(H,25,27)/t15-,17-,18?/m0/s1. The molecule has 0 saturated heterocycles.